The van der Waals surface area contributed by atoms with E-state index in [1.54, 1.807) is 7.11 Å². The summed E-state index contributed by atoms with van der Waals surface area (Å²) in [7, 11) is 3.58. The van der Waals surface area contributed by atoms with E-state index < -0.39 is 0 Å². The number of nitrogens with two attached hydrogens (primary N) is 1. The molecule has 112 valence electrons. The lowest BCUT2D eigenvalue weighted by Crippen LogP contribution is -2.45. The zero-order valence-electron chi connectivity index (χ0n) is 12.7. The minimum atomic E-state index is -0.235. The quantitative estimate of drug-likeness (QED) is 0.792. The van der Waals surface area contributed by atoms with Crippen molar-refractivity contribution in [1.82, 2.24) is 4.90 Å². The Morgan fingerprint density at radius 2 is 2.15 bits per heavy atom. The highest BCUT2D eigenvalue weighted by molar-refractivity contribution is 5.94. The molecule has 1 amide bonds. The van der Waals surface area contributed by atoms with Gasteiger partial charge in [0.25, 0.3) is 0 Å². The Bertz CT molecular complexity index is 437. The summed E-state index contributed by atoms with van der Waals surface area (Å²) in [5.74, 6) is -0.0374. The second-order valence-electron chi connectivity index (χ2n) is 5.04. The molecule has 0 aromatic heterocycles. The van der Waals surface area contributed by atoms with Gasteiger partial charge in [0.05, 0.1) is 12.6 Å². The van der Waals surface area contributed by atoms with Crippen molar-refractivity contribution in [2.45, 2.75) is 32.5 Å². The predicted molar refractivity (Wildman–Crippen MR) is 81.5 cm³/mol. The van der Waals surface area contributed by atoms with E-state index in [9.17, 15) is 4.79 Å². The molecular weight excluding hydrogens is 254 g/mol. The number of anilines is 1. The second kappa shape index (κ2) is 7.99. The standard InChI is InChI=1S/C15H25N3O2/c1-11(10-20-4)18(3)12(2)15(19)17-14-7-5-6-13(8-14)9-16/h5-8,11-12H,9-10,16H2,1-4H3,(H,17,19). The van der Waals surface area contributed by atoms with Crippen molar-refractivity contribution in [3.63, 3.8) is 0 Å². The summed E-state index contributed by atoms with van der Waals surface area (Å²) in [4.78, 5) is 14.2. The van der Waals surface area contributed by atoms with Crippen LogP contribution in [0.2, 0.25) is 0 Å². The lowest BCUT2D eigenvalue weighted by molar-refractivity contribution is -0.121. The number of benzene rings is 1. The molecule has 5 heteroatoms. The third-order valence-corrected chi connectivity index (χ3v) is 3.52. The molecule has 0 aliphatic rings. The van der Waals surface area contributed by atoms with Gasteiger partial charge in [-0.1, -0.05) is 12.1 Å². The molecule has 0 spiro atoms. The molecule has 3 N–H and O–H groups in total. The van der Waals surface area contributed by atoms with Gasteiger partial charge < -0.3 is 15.8 Å². The number of methoxy groups -OCH3 is 1. The number of hydrogen-bond donors (Lipinski definition) is 2. The Kier molecular flexibility index (Phi) is 6.64. The lowest BCUT2D eigenvalue weighted by Gasteiger charge is -2.29. The molecule has 0 aliphatic heterocycles. The van der Waals surface area contributed by atoms with Crippen LogP contribution in [0.15, 0.2) is 24.3 Å². The van der Waals surface area contributed by atoms with Gasteiger partial charge in [-0.15, -0.1) is 0 Å². The number of ether oxygens (including phenoxy) is 1. The number of nitrogens with zero attached hydrogens (tertiary/aromatic N) is 1. The summed E-state index contributed by atoms with van der Waals surface area (Å²) in [5, 5.41) is 2.92. The van der Waals surface area contributed by atoms with E-state index >= 15 is 0 Å². The molecule has 0 saturated carbocycles. The van der Waals surface area contributed by atoms with Gasteiger partial charge >= 0.3 is 0 Å². The highest BCUT2D eigenvalue weighted by Crippen LogP contribution is 2.12. The number of nitrogens with one attached hydrogen (secondary N) is 1. The first kappa shape index (κ1) is 16.6. The van der Waals surface area contributed by atoms with Crippen molar-refractivity contribution in [2.75, 3.05) is 26.1 Å². The third-order valence-electron chi connectivity index (χ3n) is 3.52. The average Bonchev–Trinajstić information content (AvgIpc) is 2.46. The summed E-state index contributed by atoms with van der Waals surface area (Å²) < 4.78 is 5.12. The van der Waals surface area contributed by atoms with Gasteiger partial charge in [0.2, 0.25) is 5.91 Å². The van der Waals surface area contributed by atoms with E-state index in [0.29, 0.717) is 13.2 Å². The highest BCUT2D eigenvalue weighted by atomic mass is 16.5. The molecule has 0 aliphatic carbocycles. The van der Waals surface area contributed by atoms with Crippen LogP contribution in [0.1, 0.15) is 19.4 Å². The number of carbonyl (C=O) groups is 1. The first-order valence-electron chi connectivity index (χ1n) is 6.80. The zero-order valence-corrected chi connectivity index (χ0v) is 12.7. The van der Waals surface area contributed by atoms with E-state index in [2.05, 4.69) is 5.32 Å². The van der Waals surface area contributed by atoms with Crippen molar-refractivity contribution < 1.29 is 9.53 Å². The minimum Gasteiger partial charge on any atom is -0.383 e. The van der Waals surface area contributed by atoms with Crippen LogP contribution in [-0.2, 0) is 16.1 Å². The summed E-state index contributed by atoms with van der Waals surface area (Å²) >= 11 is 0. The van der Waals surface area contributed by atoms with Crippen LogP contribution in [-0.4, -0.2) is 43.7 Å². The molecule has 0 bridgehead atoms. The van der Waals surface area contributed by atoms with Crippen LogP contribution in [0, 0.1) is 0 Å². The maximum Gasteiger partial charge on any atom is 0.241 e. The minimum absolute atomic E-state index is 0.0374. The largest absolute Gasteiger partial charge is 0.383 e. The van der Waals surface area contributed by atoms with E-state index in [1.807, 2.05) is 50.1 Å². The van der Waals surface area contributed by atoms with Gasteiger partial charge in [0.15, 0.2) is 0 Å². The predicted octanol–water partition coefficient (Wildman–Crippen LogP) is 1.44. The van der Waals surface area contributed by atoms with Gasteiger partial charge in [0, 0.05) is 25.4 Å². The third kappa shape index (κ3) is 4.59. The van der Waals surface area contributed by atoms with E-state index in [0.717, 1.165) is 11.3 Å². The van der Waals surface area contributed by atoms with E-state index in [-0.39, 0.29) is 18.0 Å². The molecule has 2 atom stereocenters. The zero-order chi connectivity index (χ0) is 15.1. The Morgan fingerprint density at radius 3 is 2.75 bits per heavy atom. The lowest BCUT2D eigenvalue weighted by atomic mass is 10.2. The van der Waals surface area contributed by atoms with Gasteiger partial charge in [-0.3, -0.25) is 9.69 Å². The molecule has 1 aromatic carbocycles. The summed E-state index contributed by atoms with van der Waals surface area (Å²) in [5.41, 5.74) is 7.37. The molecule has 2 unspecified atom stereocenters. The van der Waals surface area contributed by atoms with Crippen molar-refractivity contribution in [2.24, 2.45) is 5.73 Å². The second-order valence-corrected chi connectivity index (χ2v) is 5.04. The monoisotopic (exact) mass is 279 g/mol. The molecular formula is C15H25N3O2. The molecule has 0 heterocycles. The molecule has 5 nitrogen and oxygen atoms in total. The Morgan fingerprint density at radius 1 is 1.45 bits per heavy atom. The summed E-state index contributed by atoms with van der Waals surface area (Å²) in [6, 6.07) is 7.52. The normalized spacial score (nSPS) is 14.1. The Labute approximate surface area is 121 Å². The van der Waals surface area contributed by atoms with E-state index in [4.69, 9.17) is 10.5 Å². The summed E-state index contributed by atoms with van der Waals surface area (Å²) in [6.07, 6.45) is 0. The first-order chi connectivity index (χ1) is 9.49. The van der Waals surface area contributed by atoms with Crippen molar-refractivity contribution >= 4 is 11.6 Å². The number of likely N-dealkylation sites (N-methyl/N-ethyl adjacent to an activating group) is 1. The molecule has 1 aromatic rings. The van der Waals surface area contributed by atoms with Crippen molar-refractivity contribution in [1.29, 1.82) is 0 Å². The summed E-state index contributed by atoms with van der Waals surface area (Å²) in [6.45, 7) is 4.97. The fourth-order valence-corrected chi connectivity index (χ4v) is 1.95. The fourth-order valence-electron chi connectivity index (χ4n) is 1.95. The highest BCUT2D eigenvalue weighted by Gasteiger charge is 2.22. The number of carbonyl (C=O) groups excluding carboxylic acids is 1. The van der Waals surface area contributed by atoms with Crippen LogP contribution in [0.3, 0.4) is 0 Å². The average molecular weight is 279 g/mol. The van der Waals surface area contributed by atoms with Crippen LogP contribution in [0.5, 0.6) is 0 Å². The smallest absolute Gasteiger partial charge is 0.241 e. The van der Waals surface area contributed by atoms with Crippen LogP contribution < -0.4 is 11.1 Å². The van der Waals surface area contributed by atoms with E-state index in [1.165, 1.54) is 0 Å². The van der Waals surface area contributed by atoms with Crippen LogP contribution in [0.25, 0.3) is 0 Å². The maximum atomic E-state index is 12.2. The number of amides is 1. The van der Waals surface area contributed by atoms with Crippen LogP contribution in [0.4, 0.5) is 5.69 Å². The molecule has 0 radical (unpaired) electrons. The van der Waals surface area contributed by atoms with Gasteiger partial charge in [-0.2, -0.15) is 0 Å². The molecule has 0 saturated heterocycles. The Hall–Kier alpha value is -1.43. The SMILES string of the molecule is COCC(C)N(C)C(C)C(=O)Nc1cccc(CN)c1. The molecule has 0 fully saturated rings. The van der Waals surface area contributed by atoms with Gasteiger partial charge in [0.1, 0.15) is 0 Å². The van der Waals surface area contributed by atoms with Gasteiger partial charge in [-0.05, 0) is 38.6 Å². The molecule has 20 heavy (non-hydrogen) atoms. The van der Waals surface area contributed by atoms with Crippen molar-refractivity contribution in [3.8, 4) is 0 Å². The number of hydrogen-bond acceptors (Lipinski definition) is 4. The number of rotatable bonds is 7. The molecule has 1 rings (SSSR count). The topological polar surface area (TPSA) is 67.6 Å². The Balaban J connectivity index is 2.65. The fraction of sp³-hybridized carbons (Fsp3) is 0.533. The van der Waals surface area contributed by atoms with Crippen molar-refractivity contribution in [3.05, 3.63) is 29.8 Å². The van der Waals surface area contributed by atoms with Crippen LogP contribution >= 0.6 is 0 Å². The maximum absolute atomic E-state index is 12.2. The first-order valence-corrected chi connectivity index (χ1v) is 6.80. The van der Waals surface area contributed by atoms with Gasteiger partial charge in [-0.25, -0.2) is 0 Å².